The first-order chi connectivity index (χ1) is 9.49. The van der Waals surface area contributed by atoms with Crippen molar-refractivity contribution >= 4 is 11.6 Å². The van der Waals surface area contributed by atoms with Crippen LogP contribution in [-0.2, 0) is 9.53 Å². The molecular formula is C15H24N2O3. The van der Waals surface area contributed by atoms with Crippen molar-refractivity contribution in [1.29, 1.82) is 0 Å². The van der Waals surface area contributed by atoms with Gasteiger partial charge in [0, 0.05) is 12.8 Å². The Morgan fingerprint density at radius 2 is 1.85 bits per heavy atom. The van der Waals surface area contributed by atoms with Crippen molar-refractivity contribution in [3.63, 3.8) is 0 Å². The molecule has 5 heteroatoms. The summed E-state index contributed by atoms with van der Waals surface area (Å²) < 4.78 is 10.4. The average Bonchev–Trinajstić information content (AvgIpc) is 2.41. The van der Waals surface area contributed by atoms with Crippen LogP contribution in [0.15, 0.2) is 24.3 Å². The molecule has 0 unspecified atom stereocenters. The zero-order valence-electron chi connectivity index (χ0n) is 12.7. The van der Waals surface area contributed by atoms with Crippen molar-refractivity contribution in [2.45, 2.75) is 26.3 Å². The van der Waals surface area contributed by atoms with Crippen LogP contribution in [0.2, 0.25) is 0 Å². The highest BCUT2D eigenvalue weighted by atomic mass is 16.5. The predicted molar refractivity (Wildman–Crippen MR) is 80.2 cm³/mol. The van der Waals surface area contributed by atoms with Crippen molar-refractivity contribution in [2.75, 3.05) is 32.2 Å². The number of ether oxygens (including phenoxy) is 2. The second-order valence-corrected chi connectivity index (χ2v) is 4.98. The Morgan fingerprint density at radius 3 is 2.40 bits per heavy atom. The number of carbonyl (C=O) groups is 1. The van der Waals surface area contributed by atoms with Crippen LogP contribution in [0.25, 0.3) is 0 Å². The Kier molecular flexibility index (Phi) is 6.48. The molecule has 0 spiro atoms. The topological polar surface area (TPSA) is 59.6 Å². The summed E-state index contributed by atoms with van der Waals surface area (Å²) in [5.74, 6) is 0.693. The Bertz CT molecular complexity index is 416. The summed E-state index contributed by atoms with van der Waals surface area (Å²) in [6.07, 6.45) is 0. The van der Waals surface area contributed by atoms with E-state index in [0.717, 1.165) is 18.0 Å². The van der Waals surface area contributed by atoms with Crippen LogP contribution in [0.5, 0.6) is 5.75 Å². The minimum Gasteiger partial charge on any atom is -0.491 e. The molecule has 0 aliphatic rings. The van der Waals surface area contributed by atoms with Gasteiger partial charge in [0.2, 0.25) is 5.91 Å². The maximum atomic E-state index is 12.1. The molecule has 0 heterocycles. The molecule has 0 saturated carbocycles. The number of hydrogen-bond acceptors (Lipinski definition) is 4. The fraction of sp³-hybridized carbons (Fsp3) is 0.533. The molecule has 0 aliphatic carbocycles. The van der Waals surface area contributed by atoms with Crippen molar-refractivity contribution in [3.8, 4) is 5.75 Å². The Balaban J connectivity index is 2.54. The summed E-state index contributed by atoms with van der Waals surface area (Å²) in [4.78, 5) is 12.1. The molecule has 1 aromatic carbocycles. The lowest BCUT2D eigenvalue weighted by Gasteiger charge is -2.24. The normalized spacial score (nSPS) is 11.2. The Labute approximate surface area is 120 Å². The predicted octanol–water partition coefficient (Wildman–Crippen LogP) is 2.04. The maximum Gasteiger partial charge on any atom is 0.244 e. The lowest BCUT2D eigenvalue weighted by molar-refractivity contribution is -0.121. The van der Waals surface area contributed by atoms with E-state index in [-0.39, 0.29) is 5.91 Å². The summed E-state index contributed by atoms with van der Waals surface area (Å²) in [5, 5.41) is 6.02. The monoisotopic (exact) mass is 280 g/mol. The van der Waals surface area contributed by atoms with E-state index in [1.165, 1.54) is 0 Å². The largest absolute Gasteiger partial charge is 0.491 e. The molecule has 2 N–H and O–H groups in total. The van der Waals surface area contributed by atoms with Gasteiger partial charge in [0.15, 0.2) is 0 Å². The number of anilines is 1. The van der Waals surface area contributed by atoms with Crippen LogP contribution >= 0.6 is 0 Å². The van der Waals surface area contributed by atoms with Gasteiger partial charge in [-0.2, -0.15) is 0 Å². The molecule has 20 heavy (non-hydrogen) atoms. The van der Waals surface area contributed by atoms with E-state index in [0.29, 0.717) is 13.2 Å². The smallest absolute Gasteiger partial charge is 0.244 e. The summed E-state index contributed by atoms with van der Waals surface area (Å²) in [6.45, 7) is 7.49. The van der Waals surface area contributed by atoms with Gasteiger partial charge >= 0.3 is 0 Å². The van der Waals surface area contributed by atoms with Gasteiger partial charge in [0.05, 0.1) is 12.1 Å². The molecular weight excluding hydrogens is 256 g/mol. The molecule has 0 fully saturated rings. The molecule has 0 aromatic heterocycles. The first-order valence-electron chi connectivity index (χ1n) is 6.78. The Morgan fingerprint density at radius 1 is 1.20 bits per heavy atom. The van der Waals surface area contributed by atoms with E-state index < -0.39 is 5.54 Å². The number of benzene rings is 1. The van der Waals surface area contributed by atoms with Gasteiger partial charge < -0.3 is 20.1 Å². The standard InChI is InChI=1S/C15H24N2O3/c1-5-16-15(2,3)14(18)17-12-6-8-13(9-7-12)20-11-10-19-4/h6-9,16H,5,10-11H2,1-4H3,(H,17,18). The van der Waals surface area contributed by atoms with Gasteiger partial charge in [0.25, 0.3) is 0 Å². The number of methoxy groups -OCH3 is 1. The van der Waals surface area contributed by atoms with Gasteiger partial charge in [-0.15, -0.1) is 0 Å². The van der Waals surface area contributed by atoms with Crippen LogP contribution in [0.1, 0.15) is 20.8 Å². The van der Waals surface area contributed by atoms with Crippen molar-refractivity contribution in [1.82, 2.24) is 5.32 Å². The first-order valence-corrected chi connectivity index (χ1v) is 6.78. The summed E-state index contributed by atoms with van der Waals surface area (Å²) in [7, 11) is 1.63. The minimum absolute atomic E-state index is 0.0626. The lowest BCUT2D eigenvalue weighted by atomic mass is 10.0. The van der Waals surface area contributed by atoms with Crippen LogP contribution in [0.4, 0.5) is 5.69 Å². The zero-order chi connectivity index (χ0) is 15.0. The maximum absolute atomic E-state index is 12.1. The van der Waals surface area contributed by atoms with E-state index in [4.69, 9.17) is 9.47 Å². The molecule has 0 bridgehead atoms. The number of likely N-dealkylation sites (N-methyl/N-ethyl adjacent to an activating group) is 1. The van der Waals surface area contributed by atoms with E-state index in [1.54, 1.807) is 7.11 Å². The van der Waals surface area contributed by atoms with E-state index >= 15 is 0 Å². The fourth-order valence-electron chi connectivity index (χ4n) is 1.69. The highest BCUT2D eigenvalue weighted by Gasteiger charge is 2.25. The van der Waals surface area contributed by atoms with E-state index in [1.807, 2.05) is 45.0 Å². The molecule has 0 atom stereocenters. The van der Waals surface area contributed by atoms with Crippen molar-refractivity contribution in [2.24, 2.45) is 0 Å². The van der Waals surface area contributed by atoms with Crippen molar-refractivity contribution in [3.05, 3.63) is 24.3 Å². The number of hydrogen-bond donors (Lipinski definition) is 2. The number of amides is 1. The number of nitrogens with one attached hydrogen (secondary N) is 2. The quantitative estimate of drug-likeness (QED) is 0.715. The summed E-state index contributed by atoms with van der Waals surface area (Å²) in [5.41, 5.74) is 0.155. The van der Waals surface area contributed by atoms with Crippen LogP contribution in [0, 0.1) is 0 Å². The fourth-order valence-corrected chi connectivity index (χ4v) is 1.69. The lowest BCUT2D eigenvalue weighted by Crippen LogP contribution is -2.49. The SMILES string of the molecule is CCNC(C)(C)C(=O)Nc1ccc(OCCOC)cc1. The molecule has 1 aromatic rings. The van der Waals surface area contributed by atoms with E-state index in [9.17, 15) is 4.79 Å². The summed E-state index contributed by atoms with van der Waals surface area (Å²) >= 11 is 0. The third-order valence-corrected chi connectivity index (χ3v) is 2.85. The van der Waals surface area contributed by atoms with Gasteiger partial charge in [-0.25, -0.2) is 0 Å². The van der Waals surface area contributed by atoms with E-state index in [2.05, 4.69) is 10.6 Å². The second kappa shape index (κ2) is 7.87. The van der Waals surface area contributed by atoms with Gasteiger partial charge in [-0.1, -0.05) is 6.92 Å². The Hall–Kier alpha value is -1.59. The third-order valence-electron chi connectivity index (χ3n) is 2.85. The molecule has 5 nitrogen and oxygen atoms in total. The first kappa shape index (κ1) is 16.5. The molecule has 0 radical (unpaired) electrons. The number of rotatable bonds is 8. The van der Waals surface area contributed by atoms with Gasteiger partial charge in [-0.3, -0.25) is 4.79 Å². The third kappa shape index (κ3) is 5.19. The van der Waals surface area contributed by atoms with Crippen molar-refractivity contribution < 1.29 is 14.3 Å². The second-order valence-electron chi connectivity index (χ2n) is 4.98. The number of carbonyl (C=O) groups excluding carboxylic acids is 1. The molecule has 0 saturated heterocycles. The van der Waals surface area contributed by atoms with Crippen LogP contribution in [-0.4, -0.2) is 38.3 Å². The van der Waals surface area contributed by atoms with Gasteiger partial charge in [0.1, 0.15) is 12.4 Å². The molecule has 1 rings (SSSR count). The molecule has 0 aliphatic heterocycles. The highest BCUT2D eigenvalue weighted by Crippen LogP contribution is 2.17. The molecule has 1 amide bonds. The average molecular weight is 280 g/mol. The molecule has 112 valence electrons. The van der Waals surface area contributed by atoms with Crippen LogP contribution < -0.4 is 15.4 Å². The summed E-state index contributed by atoms with van der Waals surface area (Å²) in [6, 6.07) is 7.29. The minimum atomic E-state index is -0.595. The van der Waals surface area contributed by atoms with Crippen LogP contribution in [0.3, 0.4) is 0 Å². The zero-order valence-corrected chi connectivity index (χ0v) is 12.7. The highest BCUT2D eigenvalue weighted by molar-refractivity contribution is 5.97. The van der Waals surface area contributed by atoms with Gasteiger partial charge in [-0.05, 0) is 44.7 Å².